The summed E-state index contributed by atoms with van der Waals surface area (Å²) in [7, 11) is 0.257. The van der Waals surface area contributed by atoms with Crippen molar-refractivity contribution in [3.63, 3.8) is 0 Å². The highest BCUT2D eigenvalue weighted by Gasteiger charge is 2.16. The number of hydrogen-bond acceptors (Lipinski definition) is 5. The molecule has 0 amide bonds. The van der Waals surface area contributed by atoms with Gasteiger partial charge in [0.25, 0.3) is 0 Å². The van der Waals surface area contributed by atoms with Crippen molar-refractivity contribution in [2.75, 3.05) is 13.7 Å². The Morgan fingerprint density at radius 2 is 2.10 bits per heavy atom. The molecular formula is C14H21N3O3Si. The first kappa shape index (κ1) is 15.7. The van der Waals surface area contributed by atoms with Gasteiger partial charge in [0, 0.05) is 20.9 Å². The largest absolute Gasteiger partial charge is 0.465 e. The maximum Gasteiger partial charge on any atom is 0.340 e. The number of ether oxygens (including phenoxy) is 2. The fourth-order valence-corrected chi connectivity index (χ4v) is 2.67. The van der Waals surface area contributed by atoms with E-state index in [2.05, 4.69) is 29.6 Å². The van der Waals surface area contributed by atoms with Crippen LogP contribution in [0.5, 0.6) is 0 Å². The first-order valence-corrected chi connectivity index (χ1v) is 10.6. The molecule has 0 fully saturated rings. The molecule has 2 heterocycles. The Morgan fingerprint density at radius 3 is 2.76 bits per heavy atom. The van der Waals surface area contributed by atoms with Crippen LogP contribution in [0.25, 0.3) is 11.2 Å². The lowest BCUT2D eigenvalue weighted by molar-refractivity contribution is 0.0600. The third kappa shape index (κ3) is 3.89. The SMILES string of the molecule is COC(=O)c1ccnc2ncn(COCC[Si](C)(C)C)c12. The molecule has 0 saturated heterocycles. The van der Waals surface area contributed by atoms with E-state index in [4.69, 9.17) is 9.47 Å². The van der Waals surface area contributed by atoms with Crippen molar-refractivity contribution in [2.24, 2.45) is 0 Å². The van der Waals surface area contributed by atoms with Crippen LogP contribution in [-0.2, 0) is 16.2 Å². The highest BCUT2D eigenvalue weighted by Crippen LogP contribution is 2.17. The molecule has 114 valence electrons. The Labute approximate surface area is 125 Å². The molecule has 0 spiro atoms. The number of carbonyl (C=O) groups is 1. The predicted octanol–water partition coefficient (Wildman–Crippen LogP) is 2.53. The van der Waals surface area contributed by atoms with Gasteiger partial charge in [-0.1, -0.05) is 19.6 Å². The molecule has 0 unspecified atom stereocenters. The van der Waals surface area contributed by atoms with Crippen LogP contribution < -0.4 is 0 Å². The molecule has 0 aliphatic heterocycles. The number of aromatic nitrogens is 3. The summed E-state index contributed by atoms with van der Waals surface area (Å²) in [5.41, 5.74) is 1.62. The first-order chi connectivity index (χ1) is 9.92. The average Bonchev–Trinajstić information content (AvgIpc) is 2.85. The number of pyridine rings is 1. The monoisotopic (exact) mass is 307 g/mol. The summed E-state index contributed by atoms with van der Waals surface area (Å²) in [5, 5.41) is 0. The molecule has 2 aromatic heterocycles. The minimum Gasteiger partial charge on any atom is -0.465 e. The Hall–Kier alpha value is -1.73. The third-order valence-electron chi connectivity index (χ3n) is 3.14. The summed E-state index contributed by atoms with van der Waals surface area (Å²) >= 11 is 0. The number of imidazole rings is 1. The van der Waals surface area contributed by atoms with Gasteiger partial charge in [0.05, 0.1) is 19.0 Å². The fourth-order valence-electron chi connectivity index (χ4n) is 1.92. The van der Waals surface area contributed by atoms with E-state index in [1.165, 1.54) is 7.11 Å². The van der Waals surface area contributed by atoms with Crippen LogP contribution >= 0.6 is 0 Å². The van der Waals surface area contributed by atoms with E-state index in [1.807, 2.05) is 0 Å². The van der Waals surface area contributed by atoms with Gasteiger partial charge in [-0.15, -0.1) is 0 Å². The van der Waals surface area contributed by atoms with Crippen LogP contribution in [0.15, 0.2) is 18.6 Å². The van der Waals surface area contributed by atoms with E-state index >= 15 is 0 Å². The third-order valence-corrected chi connectivity index (χ3v) is 4.85. The maximum atomic E-state index is 11.8. The second-order valence-electron chi connectivity index (χ2n) is 6.08. The lowest BCUT2D eigenvalue weighted by Gasteiger charge is -2.15. The molecule has 0 aromatic carbocycles. The van der Waals surface area contributed by atoms with Crippen molar-refractivity contribution >= 4 is 25.2 Å². The van der Waals surface area contributed by atoms with E-state index in [9.17, 15) is 4.79 Å². The summed E-state index contributed by atoms with van der Waals surface area (Å²) in [6, 6.07) is 2.73. The number of rotatable bonds is 6. The Morgan fingerprint density at radius 1 is 1.33 bits per heavy atom. The summed E-state index contributed by atoms with van der Waals surface area (Å²) < 4.78 is 12.3. The molecule has 2 aromatic rings. The van der Waals surface area contributed by atoms with Gasteiger partial charge in [-0.2, -0.15) is 0 Å². The van der Waals surface area contributed by atoms with Crippen LogP contribution in [0.3, 0.4) is 0 Å². The average molecular weight is 307 g/mol. The van der Waals surface area contributed by atoms with Crippen LogP contribution in [0.4, 0.5) is 0 Å². The molecule has 2 rings (SSSR count). The second-order valence-corrected chi connectivity index (χ2v) is 11.7. The van der Waals surface area contributed by atoms with E-state index < -0.39 is 14.0 Å². The minimum atomic E-state index is -1.10. The highest BCUT2D eigenvalue weighted by atomic mass is 28.3. The molecule has 0 atom stereocenters. The number of methoxy groups -OCH3 is 1. The highest BCUT2D eigenvalue weighted by molar-refractivity contribution is 6.76. The number of hydrogen-bond donors (Lipinski definition) is 0. The van der Waals surface area contributed by atoms with Gasteiger partial charge in [-0.25, -0.2) is 14.8 Å². The summed E-state index contributed by atoms with van der Waals surface area (Å²) in [5.74, 6) is -0.397. The van der Waals surface area contributed by atoms with Crippen molar-refractivity contribution in [3.8, 4) is 0 Å². The fraction of sp³-hybridized carbons (Fsp3) is 0.500. The van der Waals surface area contributed by atoms with E-state index in [0.29, 0.717) is 30.1 Å². The quantitative estimate of drug-likeness (QED) is 0.466. The molecule has 0 aliphatic carbocycles. The predicted molar refractivity (Wildman–Crippen MR) is 83.0 cm³/mol. The smallest absolute Gasteiger partial charge is 0.340 e. The van der Waals surface area contributed by atoms with Crippen LogP contribution in [-0.4, -0.2) is 42.3 Å². The van der Waals surface area contributed by atoms with Crippen molar-refractivity contribution in [1.29, 1.82) is 0 Å². The van der Waals surface area contributed by atoms with Gasteiger partial charge < -0.3 is 14.0 Å². The molecule has 0 saturated carbocycles. The van der Waals surface area contributed by atoms with Crippen molar-refractivity contribution in [2.45, 2.75) is 32.4 Å². The molecule has 21 heavy (non-hydrogen) atoms. The summed E-state index contributed by atoms with van der Waals surface area (Å²) in [6.45, 7) is 7.99. The van der Waals surface area contributed by atoms with Gasteiger partial charge in [0.2, 0.25) is 0 Å². The van der Waals surface area contributed by atoms with Crippen molar-refractivity contribution in [3.05, 3.63) is 24.2 Å². The van der Waals surface area contributed by atoms with Gasteiger partial charge in [-0.3, -0.25) is 0 Å². The number of nitrogens with zero attached hydrogens (tertiary/aromatic N) is 3. The number of esters is 1. The zero-order valence-electron chi connectivity index (χ0n) is 12.9. The summed E-state index contributed by atoms with van der Waals surface area (Å²) in [6.07, 6.45) is 3.19. The normalized spacial score (nSPS) is 11.8. The molecule has 0 radical (unpaired) electrons. The molecule has 0 aliphatic rings. The lowest BCUT2D eigenvalue weighted by atomic mass is 10.2. The van der Waals surface area contributed by atoms with Gasteiger partial charge in [0.1, 0.15) is 12.2 Å². The van der Waals surface area contributed by atoms with Gasteiger partial charge in [0.15, 0.2) is 5.65 Å². The first-order valence-electron chi connectivity index (χ1n) is 6.88. The Kier molecular flexibility index (Phi) is 4.74. The van der Waals surface area contributed by atoms with Crippen molar-refractivity contribution < 1.29 is 14.3 Å². The Balaban J connectivity index is 2.15. The zero-order chi connectivity index (χ0) is 15.5. The molecule has 0 N–H and O–H groups in total. The van der Waals surface area contributed by atoms with Crippen molar-refractivity contribution in [1.82, 2.24) is 14.5 Å². The molecule has 6 nitrogen and oxygen atoms in total. The van der Waals surface area contributed by atoms with Crippen LogP contribution in [0, 0.1) is 0 Å². The van der Waals surface area contributed by atoms with E-state index in [0.717, 1.165) is 6.04 Å². The number of carbonyl (C=O) groups excluding carboxylic acids is 1. The van der Waals surface area contributed by atoms with E-state index in [-0.39, 0.29) is 0 Å². The Bertz CT molecular complexity index is 634. The summed E-state index contributed by atoms with van der Waals surface area (Å²) in [4.78, 5) is 20.2. The zero-order valence-corrected chi connectivity index (χ0v) is 13.9. The lowest BCUT2D eigenvalue weighted by Crippen LogP contribution is -2.22. The maximum absolute atomic E-state index is 11.8. The molecular weight excluding hydrogens is 286 g/mol. The molecule has 0 bridgehead atoms. The standard InChI is InChI=1S/C14H21N3O3Si/c1-19-14(18)11-5-6-15-13-12(11)17(9-16-13)10-20-7-8-21(2,3)4/h5-6,9H,7-8,10H2,1-4H3. The number of fused-ring (bicyclic) bond motifs is 1. The van der Waals surface area contributed by atoms with Crippen LogP contribution in [0.1, 0.15) is 10.4 Å². The van der Waals surface area contributed by atoms with Gasteiger partial charge >= 0.3 is 5.97 Å². The van der Waals surface area contributed by atoms with Gasteiger partial charge in [-0.05, 0) is 12.1 Å². The molecule has 7 heteroatoms. The minimum absolute atomic E-state index is 0.358. The van der Waals surface area contributed by atoms with Crippen LogP contribution in [0.2, 0.25) is 25.7 Å². The van der Waals surface area contributed by atoms with E-state index in [1.54, 1.807) is 23.2 Å². The second kappa shape index (κ2) is 6.36. The topological polar surface area (TPSA) is 66.2 Å².